The number of hydroxylamine groups is 2. The van der Waals surface area contributed by atoms with Crippen molar-refractivity contribution >= 4 is 5.91 Å². The number of carbonyl (C=O) groups is 1. The zero-order valence-corrected chi connectivity index (χ0v) is 11.0. The van der Waals surface area contributed by atoms with Crippen molar-refractivity contribution in [3.8, 4) is 0 Å². The maximum absolute atomic E-state index is 12.1. The summed E-state index contributed by atoms with van der Waals surface area (Å²) in [5, 5.41) is 10.9. The molecule has 4 nitrogen and oxygen atoms in total. The topological polar surface area (TPSA) is 49.8 Å². The summed E-state index contributed by atoms with van der Waals surface area (Å²) in [5.74, 6) is -0.298. The molecule has 0 aromatic heterocycles. The number of ether oxygens (including phenoxy) is 1. The first-order chi connectivity index (χ1) is 9.22. The molecule has 0 aliphatic heterocycles. The maximum atomic E-state index is 12.1. The molecule has 19 heavy (non-hydrogen) atoms. The standard InChI is InChI=1S/C15H19NO3/c1-19-14-10-6-5-9-13(14)16(18)15(17)11-12-7-3-2-4-8-12/h2-4,6-8,10,13-14,18H,5,9,11H2,1H3/t13-,14-/m0/s1. The number of rotatable bonds is 4. The molecule has 102 valence electrons. The summed E-state index contributed by atoms with van der Waals surface area (Å²) in [6.07, 6.45) is 5.44. The SMILES string of the molecule is CO[C@H]1C=CCC[C@@H]1N(O)C(=O)Cc1ccccc1. The molecule has 0 radical (unpaired) electrons. The van der Waals surface area contributed by atoms with E-state index in [9.17, 15) is 10.0 Å². The molecular weight excluding hydrogens is 242 g/mol. The predicted molar refractivity (Wildman–Crippen MR) is 71.7 cm³/mol. The Bertz CT molecular complexity index is 444. The van der Waals surface area contributed by atoms with E-state index in [4.69, 9.17) is 4.74 Å². The third-order valence-electron chi connectivity index (χ3n) is 3.37. The van der Waals surface area contributed by atoms with Crippen LogP contribution in [-0.2, 0) is 16.0 Å². The highest BCUT2D eigenvalue weighted by molar-refractivity contribution is 5.78. The number of hydrogen-bond acceptors (Lipinski definition) is 3. The minimum absolute atomic E-state index is 0.202. The molecule has 0 heterocycles. The first-order valence-electron chi connectivity index (χ1n) is 6.46. The van der Waals surface area contributed by atoms with E-state index in [1.54, 1.807) is 7.11 Å². The predicted octanol–water partition coefficient (Wildman–Crippen LogP) is 2.18. The van der Waals surface area contributed by atoms with Gasteiger partial charge in [0, 0.05) is 7.11 Å². The lowest BCUT2D eigenvalue weighted by Gasteiger charge is -2.32. The molecule has 1 amide bonds. The molecule has 1 aromatic carbocycles. The molecule has 1 aliphatic carbocycles. The molecule has 1 aromatic rings. The second-order valence-corrected chi connectivity index (χ2v) is 4.67. The quantitative estimate of drug-likeness (QED) is 0.513. The average molecular weight is 261 g/mol. The van der Waals surface area contributed by atoms with E-state index < -0.39 is 0 Å². The summed E-state index contributed by atoms with van der Waals surface area (Å²) in [4.78, 5) is 12.1. The molecular formula is C15H19NO3. The van der Waals surface area contributed by atoms with Gasteiger partial charge in [-0.3, -0.25) is 10.0 Å². The van der Waals surface area contributed by atoms with E-state index in [2.05, 4.69) is 0 Å². The fraction of sp³-hybridized carbons (Fsp3) is 0.400. The van der Waals surface area contributed by atoms with Gasteiger partial charge in [0.25, 0.3) is 5.91 Å². The average Bonchev–Trinajstić information content (AvgIpc) is 2.47. The van der Waals surface area contributed by atoms with Gasteiger partial charge >= 0.3 is 0 Å². The molecule has 0 fully saturated rings. The zero-order valence-electron chi connectivity index (χ0n) is 11.0. The third-order valence-corrected chi connectivity index (χ3v) is 3.37. The van der Waals surface area contributed by atoms with Crippen LogP contribution in [-0.4, -0.2) is 35.4 Å². The van der Waals surface area contributed by atoms with Gasteiger partial charge in [0.2, 0.25) is 0 Å². The summed E-state index contributed by atoms with van der Waals surface area (Å²) in [7, 11) is 1.59. The molecule has 0 bridgehead atoms. The first-order valence-corrected chi connectivity index (χ1v) is 6.46. The number of allylic oxidation sites excluding steroid dienone is 1. The Balaban J connectivity index is 2.00. The first kappa shape index (κ1) is 13.8. The van der Waals surface area contributed by atoms with E-state index >= 15 is 0 Å². The van der Waals surface area contributed by atoms with E-state index in [0.717, 1.165) is 17.0 Å². The summed E-state index contributed by atoms with van der Waals surface area (Å²) in [6, 6.07) is 9.11. The van der Waals surface area contributed by atoms with Gasteiger partial charge in [-0.2, -0.15) is 0 Å². The number of amides is 1. The number of hydrogen-bond donors (Lipinski definition) is 1. The minimum atomic E-state index is -0.300. The second kappa shape index (κ2) is 6.50. The lowest BCUT2D eigenvalue weighted by molar-refractivity contribution is -0.185. The largest absolute Gasteiger partial charge is 0.375 e. The Kier molecular flexibility index (Phi) is 4.71. The number of carbonyl (C=O) groups excluding carboxylic acids is 1. The van der Waals surface area contributed by atoms with Gasteiger partial charge in [0.15, 0.2) is 0 Å². The van der Waals surface area contributed by atoms with Gasteiger partial charge in [-0.05, 0) is 18.4 Å². The fourth-order valence-corrected chi connectivity index (χ4v) is 2.32. The smallest absolute Gasteiger partial charge is 0.250 e. The van der Waals surface area contributed by atoms with Crippen molar-refractivity contribution in [3.05, 3.63) is 48.0 Å². The van der Waals surface area contributed by atoms with Crippen LogP contribution < -0.4 is 0 Å². The molecule has 0 spiro atoms. The van der Waals surface area contributed by atoms with Crippen molar-refractivity contribution < 1.29 is 14.7 Å². The molecule has 4 heteroatoms. The summed E-state index contributed by atoms with van der Waals surface area (Å²) in [6.45, 7) is 0. The Morgan fingerprint density at radius 2 is 2.16 bits per heavy atom. The van der Waals surface area contributed by atoms with Gasteiger partial charge in [0.1, 0.15) is 0 Å². The third kappa shape index (κ3) is 3.43. The van der Waals surface area contributed by atoms with Crippen LogP contribution in [0.15, 0.2) is 42.5 Å². The summed E-state index contributed by atoms with van der Waals surface area (Å²) >= 11 is 0. The fourth-order valence-electron chi connectivity index (χ4n) is 2.32. The number of nitrogens with zero attached hydrogens (tertiary/aromatic N) is 1. The Labute approximate surface area is 113 Å². The highest BCUT2D eigenvalue weighted by atomic mass is 16.5. The normalized spacial score (nSPS) is 22.2. The van der Waals surface area contributed by atoms with Crippen molar-refractivity contribution in [1.29, 1.82) is 0 Å². The van der Waals surface area contributed by atoms with Gasteiger partial charge in [-0.25, -0.2) is 5.06 Å². The monoisotopic (exact) mass is 261 g/mol. The summed E-state index contributed by atoms with van der Waals surface area (Å²) in [5.41, 5.74) is 0.895. The van der Waals surface area contributed by atoms with Gasteiger partial charge in [-0.15, -0.1) is 0 Å². The van der Waals surface area contributed by atoms with Crippen molar-refractivity contribution in [2.75, 3.05) is 7.11 Å². The van der Waals surface area contributed by atoms with Crippen LogP contribution in [0.3, 0.4) is 0 Å². The summed E-state index contributed by atoms with van der Waals surface area (Å²) < 4.78 is 5.28. The van der Waals surface area contributed by atoms with E-state index in [0.29, 0.717) is 6.42 Å². The maximum Gasteiger partial charge on any atom is 0.250 e. The van der Waals surface area contributed by atoms with Crippen LogP contribution in [0.4, 0.5) is 0 Å². The van der Waals surface area contributed by atoms with Crippen LogP contribution in [0, 0.1) is 0 Å². The van der Waals surface area contributed by atoms with Crippen LogP contribution >= 0.6 is 0 Å². The van der Waals surface area contributed by atoms with Gasteiger partial charge in [-0.1, -0.05) is 42.5 Å². The van der Waals surface area contributed by atoms with Crippen molar-refractivity contribution in [2.45, 2.75) is 31.4 Å². The zero-order chi connectivity index (χ0) is 13.7. The Morgan fingerprint density at radius 1 is 1.42 bits per heavy atom. The van der Waals surface area contributed by atoms with Crippen molar-refractivity contribution in [3.63, 3.8) is 0 Å². The van der Waals surface area contributed by atoms with Crippen molar-refractivity contribution in [1.82, 2.24) is 5.06 Å². The molecule has 0 saturated carbocycles. The lowest BCUT2D eigenvalue weighted by Crippen LogP contribution is -2.46. The van der Waals surface area contributed by atoms with Gasteiger partial charge < -0.3 is 4.74 Å². The molecule has 0 saturated heterocycles. The molecule has 1 aliphatic rings. The van der Waals surface area contributed by atoms with E-state index in [-0.39, 0.29) is 24.5 Å². The highest BCUT2D eigenvalue weighted by Crippen LogP contribution is 2.19. The molecule has 1 N–H and O–H groups in total. The minimum Gasteiger partial charge on any atom is -0.375 e. The number of benzene rings is 1. The van der Waals surface area contributed by atoms with Crippen LogP contribution in [0.2, 0.25) is 0 Å². The Morgan fingerprint density at radius 3 is 2.84 bits per heavy atom. The van der Waals surface area contributed by atoms with E-state index in [1.807, 2.05) is 42.5 Å². The number of methoxy groups -OCH3 is 1. The molecule has 2 rings (SSSR count). The van der Waals surface area contributed by atoms with E-state index in [1.165, 1.54) is 0 Å². The second-order valence-electron chi connectivity index (χ2n) is 4.67. The Hall–Kier alpha value is -1.65. The van der Waals surface area contributed by atoms with Crippen LogP contribution in [0.5, 0.6) is 0 Å². The molecule has 0 unspecified atom stereocenters. The van der Waals surface area contributed by atoms with Crippen molar-refractivity contribution in [2.24, 2.45) is 0 Å². The molecule has 2 atom stereocenters. The van der Waals surface area contributed by atoms with Crippen LogP contribution in [0.25, 0.3) is 0 Å². The van der Waals surface area contributed by atoms with Gasteiger partial charge in [0.05, 0.1) is 18.6 Å². The lowest BCUT2D eigenvalue weighted by atomic mass is 9.98. The highest BCUT2D eigenvalue weighted by Gasteiger charge is 2.30. The van der Waals surface area contributed by atoms with Crippen LogP contribution in [0.1, 0.15) is 18.4 Å².